The van der Waals surface area contributed by atoms with Crippen molar-refractivity contribution in [2.75, 3.05) is 13.7 Å². The van der Waals surface area contributed by atoms with Crippen molar-refractivity contribution in [2.24, 2.45) is 0 Å². The first kappa shape index (κ1) is 14.3. The highest BCUT2D eigenvalue weighted by molar-refractivity contribution is 9.10. The summed E-state index contributed by atoms with van der Waals surface area (Å²) in [5.41, 5.74) is 0.677. The number of carbonyl (C=O) groups excluding carboxylic acids is 1. The van der Waals surface area contributed by atoms with Gasteiger partial charge in [-0.2, -0.15) is 0 Å². The number of likely N-dealkylation sites (N-methyl/N-ethyl adjacent to an activating group) is 1. The molecule has 1 N–H and O–H groups in total. The summed E-state index contributed by atoms with van der Waals surface area (Å²) in [5.74, 6) is 0.526. The third kappa shape index (κ3) is 3.70. The zero-order valence-electron chi connectivity index (χ0n) is 11.1. The number of hydrogen-bond acceptors (Lipinski definition) is 3. The van der Waals surface area contributed by atoms with Gasteiger partial charge in [-0.05, 0) is 38.0 Å². The lowest BCUT2D eigenvalue weighted by atomic mass is 10.1. The molecule has 0 aliphatic heterocycles. The summed E-state index contributed by atoms with van der Waals surface area (Å²) in [4.78, 5) is 13.6. The van der Waals surface area contributed by atoms with Crippen molar-refractivity contribution >= 4 is 21.8 Å². The van der Waals surface area contributed by atoms with Gasteiger partial charge < -0.3 is 14.7 Å². The molecular weight excluding hydrogens is 310 g/mol. The minimum absolute atomic E-state index is 0.00829. The summed E-state index contributed by atoms with van der Waals surface area (Å²) in [6.07, 6.45) is 1.53. The number of hydrogen-bond donors (Lipinski definition) is 1. The van der Waals surface area contributed by atoms with E-state index in [-0.39, 0.29) is 12.5 Å². The molecule has 1 aromatic rings. The Balaban J connectivity index is 2.00. The molecule has 0 heterocycles. The molecule has 5 heteroatoms. The highest BCUT2D eigenvalue weighted by atomic mass is 79.9. The number of rotatable bonds is 5. The Labute approximate surface area is 121 Å². The molecule has 1 fully saturated rings. The second kappa shape index (κ2) is 5.92. The first-order chi connectivity index (χ1) is 8.99. The van der Waals surface area contributed by atoms with E-state index in [0.29, 0.717) is 17.4 Å². The van der Waals surface area contributed by atoms with Crippen LogP contribution in [-0.2, 0) is 4.79 Å². The minimum atomic E-state index is -0.635. The normalized spacial score (nSPS) is 16.0. The van der Waals surface area contributed by atoms with Gasteiger partial charge in [-0.3, -0.25) is 4.79 Å². The Kier molecular flexibility index (Phi) is 4.47. The molecule has 0 saturated heterocycles. The molecule has 1 saturated carbocycles. The van der Waals surface area contributed by atoms with Crippen LogP contribution in [0.3, 0.4) is 0 Å². The van der Waals surface area contributed by atoms with Crippen LogP contribution in [0.2, 0.25) is 0 Å². The van der Waals surface area contributed by atoms with E-state index >= 15 is 0 Å². The van der Waals surface area contributed by atoms with E-state index in [1.807, 2.05) is 6.07 Å². The van der Waals surface area contributed by atoms with Crippen molar-refractivity contribution < 1.29 is 14.6 Å². The second-order valence-electron chi connectivity index (χ2n) is 4.88. The highest BCUT2D eigenvalue weighted by Crippen LogP contribution is 2.29. The predicted octanol–water partition coefficient (Wildman–Crippen LogP) is 2.50. The Hall–Kier alpha value is -1.07. The van der Waals surface area contributed by atoms with Crippen LogP contribution in [0.25, 0.3) is 0 Å². The van der Waals surface area contributed by atoms with Crippen LogP contribution in [-0.4, -0.2) is 35.6 Å². The Bertz CT molecular complexity index is 472. The number of carbonyl (C=O) groups is 1. The van der Waals surface area contributed by atoms with Crippen molar-refractivity contribution in [3.8, 4) is 5.75 Å². The SMILES string of the molecule is C[C@@H](O)c1cc(Br)ccc1OCC(=O)N(C)C1CC1. The number of benzene rings is 1. The fourth-order valence-corrected chi connectivity index (χ4v) is 2.26. The third-order valence-corrected chi connectivity index (χ3v) is 3.75. The lowest BCUT2D eigenvalue weighted by molar-refractivity contribution is -0.132. The molecule has 0 bridgehead atoms. The first-order valence-corrected chi connectivity index (χ1v) is 7.14. The van der Waals surface area contributed by atoms with Crippen LogP contribution < -0.4 is 4.74 Å². The average molecular weight is 328 g/mol. The number of amides is 1. The van der Waals surface area contributed by atoms with Gasteiger partial charge in [0.25, 0.3) is 5.91 Å². The summed E-state index contributed by atoms with van der Waals surface area (Å²) in [5, 5.41) is 9.71. The van der Waals surface area contributed by atoms with Gasteiger partial charge in [0, 0.05) is 23.1 Å². The molecule has 0 unspecified atom stereocenters. The standard InChI is InChI=1S/C14H18BrNO3/c1-9(17)12-7-10(15)3-6-13(12)19-8-14(18)16(2)11-4-5-11/h3,6-7,9,11,17H,4-5,8H2,1-2H3/t9-/m1/s1. The van der Waals surface area contributed by atoms with Crippen LogP contribution in [0.4, 0.5) is 0 Å². The van der Waals surface area contributed by atoms with E-state index in [2.05, 4.69) is 15.9 Å². The maximum absolute atomic E-state index is 11.9. The molecule has 19 heavy (non-hydrogen) atoms. The van der Waals surface area contributed by atoms with Crippen molar-refractivity contribution in [1.82, 2.24) is 4.90 Å². The predicted molar refractivity (Wildman–Crippen MR) is 76.1 cm³/mol. The summed E-state index contributed by atoms with van der Waals surface area (Å²) >= 11 is 3.35. The first-order valence-electron chi connectivity index (χ1n) is 6.35. The van der Waals surface area contributed by atoms with E-state index in [1.54, 1.807) is 31.0 Å². The van der Waals surface area contributed by atoms with Crippen molar-refractivity contribution in [3.63, 3.8) is 0 Å². The lowest BCUT2D eigenvalue weighted by Gasteiger charge is -2.18. The minimum Gasteiger partial charge on any atom is -0.483 e. The Morgan fingerprint density at radius 3 is 2.84 bits per heavy atom. The van der Waals surface area contributed by atoms with Gasteiger partial charge in [0.2, 0.25) is 0 Å². The number of ether oxygens (including phenoxy) is 1. The Morgan fingerprint density at radius 2 is 2.26 bits per heavy atom. The van der Waals surface area contributed by atoms with Gasteiger partial charge in [0.05, 0.1) is 6.10 Å². The molecule has 0 aromatic heterocycles. The molecule has 2 rings (SSSR count). The quantitative estimate of drug-likeness (QED) is 0.903. The summed E-state index contributed by atoms with van der Waals surface area (Å²) in [7, 11) is 1.81. The van der Waals surface area contributed by atoms with Crippen LogP contribution in [0, 0.1) is 0 Å². The largest absolute Gasteiger partial charge is 0.483 e. The number of aliphatic hydroxyl groups is 1. The third-order valence-electron chi connectivity index (χ3n) is 3.26. The highest BCUT2D eigenvalue weighted by Gasteiger charge is 2.29. The molecule has 1 aliphatic carbocycles. The smallest absolute Gasteiger partial charge is 0.260 e. The van der Waals surface area contributed by atoms with Crippen LogP contribution in [0.5, 0.6) is 5.75 Å². The van der Waals surface area contributed by atoms with E-state index in [9.17, 15) is 9.90 Å². The van der Waals surface area contributed by atoms with E-state index in [1.165, 1.54) is 0 Å². The molecule has 1 atom stereocenters. The number of halogens is 1. The van der Waals surface area contributed by atoms with Crippen LogP contribution >= 0.6 is 15.9 Å². The maximum Gasteiger partial charge on any atom is 0.260 e. The molecule has 1 aromatic carbocycles. The monoisotopic (exact) mass is 327 g/mol. The summed E-state index contributed by atoms with van der Waals surface area (Å²) in [6.45, 7) is 1.68. The van der Waals surface area contributed by atoms with Crippen molar-refractivity contribution in [2.45, 2.75) is 31.9 Å². The van der Waals surface area contributed by atoms with E-state index < -0.39 is 6.10 Å². The zero-order chi connectivity index (χ0) is 14.0. The zero-order valence-corrected chi connectivity index (χ0v) is 12.7. The average Bonchev–Trinajstić information content (AvgIpc) is 3.20. The van der Waals surface area contributed by atoms with Crippen molar-refractivity contribution in [3.05, 3.63) is 28.2 Å². The van der Waals surface area contributed by atoms with Gasteiger partial charge >= 0.3 is 0 Å². The van der Waals surface area contributed by atoms with Gasteiger partial charge in [-0.1, -0.05) is 15.9 Å². The Morgan fingerprint density at radius 1 is 1.58 bits per heavy atom. The fraction of sp³-hybridized carbons (Fsp3) is 0.500. The molecular formula is C14H18BrNO3. The summed E-state index contributed by atoms with van der Waals surface area (Å²) in [6, 6.07) is 5.78. The van der Waals surface area contributed by atoms with Gasteiger partial charge in [0.1, 0.15) is 5.75 Å². The lowest BCUT2D eigenvalue weighted by Crippen LogP contribution is -2.33. The van der Waals surface area contributed by atoms with Crippen LogP contribution in [0.1, 0.15) is 31.4 Å². The number of nitrogens with zero attached hydrogens (tertiary/aromatic N) is 1. The second-order valence-corrected chi connectivity index (χ2v) is 5.80. The molecule has 1 aliphatic rings. The topological polar surface area (TPSA) is 49.8 Å². The van der Waals surface area contributed by atoms with E-state index in [4.69, 9.17) is 4.74 Å². The maximum atomic E-state index is 11.9. The van der Waals surface area contributed by atoms with Crippen molar-refractivity contribution in [1.29, 1.82) is 0 Å². The molecule has 4 nitrogen and oxygen atoms in total. The molecule has 1 amide bonds. The molecule has 0 spiro atoms. The summed E-state index contributed by atoms with van der Waals surface area (Å²) < 4.78 is 6.41. The van der Waals surface area contributed by atoms with Crippen LogP contribution in [0.15, 0.2) is 22.7 Å². The van der Waals surface area contributed by atoms with E-state index in [0.717, 1.165) is 17.3 Å². The van der Waals surface area contributed by atoms with Gasteiger partial charge in [-0.25, -0.2) is 0 Å². The van der Waals surface area contributed by atoms with Gasteiger partial charge in [0.15, 0.2) is 6.61 Å². The molecule has 0 radical (unpaired) electrons. The molecule has 104 valence electrons. The van der Waals surface area contributed by atoms with Gasteiger partial charge in [-0.15, -0.1) is 0 Å². The fourth-order valence-electron chi connectivity index (χ4n) is 1.88. The number of aliphatic hydroxyl groups excluding tert-OH is 1.